The van der Waals surface area contributed by atoms with Gasteiger partial charge in [0, 0.05) is 13.0 Å². The lowest BCUT2D eigenvalue weighted by atomic mass is 9.81. The number of nitrogens with zero attached hydrogens (tertiary/aromatic N) is 2. The monoisotopic (exact) mass is 503 g/mol. The topological polar surface area (TPSA) is 91.7 Å². The summed E-state index contributed by atoms with van der Waals surface area (Å²) >= 11 is 0. The highest BCUT2D eigenvalue weighted by Gasteiger charge is 2.53. The number of benzene rings is 1. The maximum absolute atomic E-state index is 13.5. The number of amides is 1. The molecular formula is C27H41N3O4S. The Hall–Kier alpha value is -2.21. The van der Waals surface area contributed by atoms with Crippen LogP contribution in [0.15, 0.2) is 41.3 Å². The number of likely N-dealkylation sites (tertiary alicyclic amines) is 1. The van der Waals surface area contributed by atoms with Gasteiger partial charge in [-0.3, -0.25) is 4.90 Å². The van der Waals surface area contributed by atoms with Crippen molar-refractivity contribution in [2.45, 2.75) is 102 Å². The van der Waals surface area contributed by atoms with Crippen molar-refractivity contribution >= 4 is 17.1 Å². The Morgan fingerprint density at radius 3 is 2.43 bits per heavy atom. The zero-order valence-corrected chi connectivity index (χ0v) is 23.1. The Morgan fingerprint density at radius 1 is 1.31 bits per heavy atom. The normalized spacial score (nSPS) is 24.1. The lowest BCUT2D eigenvalue weighted by Crippen LogP contribution is -2.63. The van der Waals surface area contributed by atoms with Crippen molar-refractivity contribution in [1.29, 1.82) is 5.26 Å². The lowest BCUT2D eigenvalue weighted by molar-refractivity contribution is -0.0540. The Balaban J connectivity index is 2.62. The van der Waals surface area contributed by atoms with Crippen LogP contribution in [0.5, 0.6) is 0 Å². The SMILES string of the molecule is CC=C[C@@H]1C[C@H](C#N)N(C(=O)OC(C)(C)C)C1[C@@H](NS(=O)c1ccc(C)cc1)[C@](C)(CCC)OC. The van der Waals surface area contributed by atoms with Crippen molar-refractivity contribution in [3.05, 3.63) is 42.0 Å². The Bertz CT molecular complexity index is 951. The second kappa shape index (κ2) is 12.2. The summed E-state index contributed by atoms with van der Waals surface area (Å²) in [6, 6.07) is 8.09. The van der Waals surface area contributed by atoms with E-state index in [0.29, 0.717) is 17.7 Å². The number of rotatable bonds is 9. The number of methoxy groups -OCH3 is 1. The molecule has 6 atom stereocenters. The van der Waals surface area contributed by atoms with Gasteiger partial charge in [-0.25, -0.2) is 13.7 Å². The van der Waals surface area contributed by atoms with Crippen LogP contribution in [0.3, 0.4) is 0 Å². The molecule has 1 aliphatic rings. The third kappa shape index (κ3) is 7.16. The predicted octanol–water partition coefficient (Wildman–Crippen LogP) is 5.27. The summed E-state index contributed by atoms with van der Waals surface area (Å²) in [7, 11) is 0.0728. The highest BCUT2D eigenvalue weighted by molar-refractivity contribution is 7.83. The number of aryl methyl sites for hydroxylation is 1. The van der Waals surface area contributed by atoms with Gasteiger partial charge in [0.05, 0.1) is 28.6 Å². The zero-order chi connectivity index (χ0) is 26.4. The zero-order valence-electron chi connectivity index (χ0n) is 22.3. The molecule has 194 valence electrons. The van der Waals surface area contributed by atoms with E-state index in [0.717, 1.165) is 12.0 Å². The standard InChI is InChI=1S/C27H41N3O4S/c1-9-11-20-17-21(18-28)30(25(31)34-26(4,5)6)23(20)24(27(7,33-8)16-10-2)29-35(32)22-14-12-19(3)13-15-22/h9,11-15,20-21,23-24,29H,10,16-17H2,1-8H3/t20-,21-,23?,24-,27+,35?/m1/s1. The van der Waals surface area contributed by atoms with E-state index in [9.17, 15) is 14.3 Å². The van der Waals surface area contributed by atoms with E-state index in [-0.39, 0.29) is 5.92 Å². The maximum atomic E-state index is 13.5. The molecular weight excluding hydrogens is 462 g/mol. The lowest BCUT2D eigenvalue weighted by Gasteiger charge is -2.44. The quantitative estimate of drug-likeness (QED) is 0.463. The van der Waals surface area contributed by atoms with Crippen LogP contribution in [0.1, 0.15) is 66.4 Å². The van der Waals surface area contributed by atoms with Crippen LogP contribution < -0.4 is 4.72 Å². The molecule has 0 aliphatic carbocycles. The first-order valence-corrected chi connectivity index (χ1v) is 13.4. The van der Waals surface area contributed by atoms with Crippen LogP contribution in [0.25, 0.3) is 0 Å². The fourth-order valence-corrected chi connectivity index (χ4v) is 5.87. The molecule has 1 aliphatic heterocycles. The van der Waals surface area contributed by atoms with Crippen LogP contribution in [0, 0.1) is 24.2 Å². The molecule has 7 nitrogen and oxygen atoms in total. The molecule has 1 saturated heterocycles. The first kappa shape index (κ1) is 29.0. The van der Waals surface area contributed by atoms with Crippen molar-refractivity contribution in [2.24, 2.45) is 5.92 Å². The summed E-state index contributed by atoms with van der Waals surface area (Å²) in [6.45, 7) is 13.3. The van der Waals surface area contributed by atoms with Gasteiger partial charge in [0.1, 0.15) is 22.6 Å². The summed E-state index contributed by atoms with van der Waals surface area (Å²) in [6.07, 6.45) is 5.36. The van der Waals surface area contributed by atoms with Gasteiger partial charge in [-0.1, -0.05) is 43.2 Å². The number of nitrogens with one attached hydrogen (secondary N) is 1. The Labute approximate surface area is 213 Å². The molecule has 2 rings (SSSR count). The second-order valence-corrected chi connectivity index (χ2v) is 11.6. The minimum atomic E-state index is -1.56. The molecule has 1 fully saturated rings. The molecule has 35 heavy (non-hydrogen) atoms. The van der Waals surface area contributed by atoms with Crippen LogP contribution in [-0.4, -0.2) is 51.6 Å². The average molecular weight is 504 g/mol. The Kier molecular flexibility index (Phi) is 10.1. The fourth-order valence-electron chi connectivity index (χ4n) is 4.73. The van der Waals surface area contributed by atoms with Gasteiger partial charge in [-0.15, -0.1) is 0 Å². The average Bonchev–Trinajstić information content (AvgIpc) is 3.15. The third-order valence-corrected chi connectivity index (χ3v) is 7.63. The molecule has 1 amide bonds. The van der Waals surface area contributed by atoms with Gasteiger partial charge >= 0.3 is 6.09 Å². The molecule has 0 saturated carbocycles. The fraction of sp³-hybridized carbons (Fsp3) is 0.630. The Morgan fingerprint density at radius 2 is 1.94 bits per heavy atom. The molecule has 8 heteroatoms. The molecule has 1 aromatic carbocycles. The molecule has 2 unspecified atom stereocenters. The molecule has 1 heterocycles. The van der Waals surface area contributed by atoms with Crippen LogP contribution in [0.4, 0.5) is 4.79 Å². The molecule has 0 aromatic heterocycles. The number of allylic oxidation sites excluding steroid dienone is 1. The molecule has 0 spiro atoms. The van der Waals surface area contributed by atoms with E-state index in [1.807, 2.05) is 57.2 Å². The first-order valence-electron chi connectivity index (χ1n) is 12.2. The minimum absolute atomic E-state index is 0.143. The van der Waals surface area contributed by atoms with Crippen LogP contribution in [0.2, 0.25) is 0 Å². The largest absolute Gasteiger partial charge is 0.444 e. The van der Waals surface area contributed by atoms with E-state index in [4.69, 9.17) is 9.47 Å². The predicted molar refractivity (Wildman–Crippen MR) is 139 cm³/mol. The number of hydrogen-bond acceptors (Lipinski definition) is 5. The summed E-state index contributed by atoms with van der Waals surface area (Å²) in [4.78, 5) is 15.6. The highest BCUT2D eigenvalue weighted by Crippen LogP contribution is 2.39. The number of carbonyl (C=O) groups excluding carboxylic acids is 1. The van der Waals surface area contributed by atoms with E-state index in [1.54, 1.807) is 27.9 Å². The second-order valence-electron chi connectivity index (χ2n) is 10.4. The summed E-state index contributed by atoms with van der Waals surface area (Å²) in [5, 5.41) is 9.98. The van der Waals surface area contributed by atoms with Gasteiger partial charge in [0.2, 0.25) is 0 Å². The van der Waals surface area contributed by atoms with Crippen LogP contribution in [-0.2, 0) is 20.5 Å². The number of carbonyl (C=O) groups is 1. The molecule has 1 N–H and O–H groups in total. The molecule has 0 radical (unpaired) electrons. The van der Waals surface area contributed by atoms with Crippen molar-refractivity contribution < 1.29 is 18.5 Å². The summed E-state index contributed by atoms with van der Waals surface area (Å²) in [5.41, 5.74) is -0.404. The number of hydrogen-bond donors (Lipinski definition) is 1. The molecule has 1 aromatic rings. The van der Waals surface area contributed by atoms with Gasteiger partial charge in [-0.2, -0.15) is 5.26 Å². The third-order valence-electron chi connectivity index (χ3n) is 6.47. The maximum Gasteiger partial charge on any atom is 0.411 e. The van der Waals surface area contributed by atoms with E-state index < -0.39 is 46.4 Å². The summed E-state index contributed by atoms with van der Waals surface area (Å²) < 4.78 is 28.6. The van der Waals surface area contributed by atoms with Crippen molar-refractivity contribution in [1.82, 2.24) is 9.62 Å². The van der Waals surface area contributed by atoms with Crippen LogP contribution >= 0.6 is 0 Å². The van der Waals surface area contributed by atoms with E-state index >= 15 is 0 Å². The van der Waals surface area contributed by atoms with Crippen molar-refractivity contribution in [2.75, 3.05) is 7.11 Å². The van der Waals surface area contributed by atoms with Crippen molar-refractivity contribution in [3.63, 3.8) is 0 Å². The minimum Gasteiger partial charge on any atom is -0.444 e. The first-order chi connectivity index (χ1) is 16.4. The van der Waals surface area contributed by atoms with E-state index in [1.165, 1.54) is 4.90 Å². The molecule has 0 bridgehead atoms. The van der Waals surface area contributed by atoms with Gasteiger partial charge in [0.15, 0.2) is 0 Å². The summed E-state index contributed by atoms with van der Waals surface area (Å²) in [5.74, 6) is -0.143. The van der Waals surface area contributed by atoms with Gasteiger partial charge in [-0.05, 0) is 66.5 Å². The van der Waals surface area contributed by atoms with E-state index in [2.05, 4.69) is 17.7 Å². The van der Waals surface area contributed by atoms with Crippen molar-refractivity contribution in [3.8, 4) is 6.07 Å². The number of nitriles is 1. The number of ether oxygens (including phenoxy) is 2. The smallest absolute Gasteiger partial charge is 0.411 e. The van der Waals surface area contributed by atoms with Gasteiger partial charge in [0.25, 0.3) is 0 Å². The highest BCUT2D eigenvalue weighted by atomic mass is 32.2. The van der Waals surface area contributed by atoms with Gasteiger partial charge < -0.3 is 9.47 Å².